The van der Waals surface area contributed by atoms with Crippen molar-refractivity contribution in [2.75, 3.05) is 6.54 Å². The lowest BCUT2D eigenvalue weighted by Crippen LogP contribution is -2.19. The number of hydrogen-bond acceptors (Lipinski definition) is 2. The first-order chi connectivity index (χ1) is 8.79. The van der Waals surface area contributed by atoms with Gasteiger partial charge in [-0.2, -0.15) is 5.10 Å². The van der Waals surface area contributed by atoms with Crippen LogP contribution in [0.3, 0.4) is 0 Å². The maximum Gasteiger partial charge on any atom is 0.0537 e. The van der Waals surface area contributed by atoms with Crippen LogP contribution in [0.15, 0.2) is 12.4 Å². The van der Waals surface area contributed by atoms with Crippen molar-refractivity contribution >= 4 is 0 Å². The van der Waals surface area contributed by atoms with Gasteiger partial charge < -0.3 is 5.32 Å². The maximum absolute atomic E-state index is 4.52. The van der Waals surface area contributed by atoms with E-state index >= 15 is 0 Å². The van der Waals surface area contributed by atoms with Crippen LogP contribution in [0.4, 0.5) is 0 Å². The van der Waals surface area contributed by atoms with Gasteiger partial charge in [-0.1, -0.05) is 26.2 Å². The highest BCUT2D eigenvalue weighted by Gasteiger charge is 2.15. The first-order valence-electron chi connectivity index (χ1n) is 7.55. The molecule has 3 nitrogen and oxygen atoms in total. The molecular formula is C15H27N3. The third kappa shape index (κ3) is 3.84. The topological polar surface area (TPSA) is 29.9 Å². The number of nitrogens with zero attached hydrogens (tertiary/aromatic N) is 2. The second-order valence-electron chi connectivity index (χ2n) is 5.68. The van der Waals surface area contributed by atoms with Crippen LogP contribution in [0.1, 0.15) is 64.0 Å². The van der Waals surface area contributed by atoms with Gasteiger partial charge in [0, 0.05) is 24.3 Å². The molecule has 0 aliphatic heterocycles. The van der Waals surface area contributed by atoms with Crippen molar-refractivity contribution in [1.82, 2.24) is 15.1 Å². The molecule has 0 amide bonds. The molecule has 1 saturated carbocycles. The van der Waals surface area contributed by atoms with Crippen LogP contribution in [0.2, 0.25) is 0 Å². The van der Waals surface area contributed by atoms with Crippen molar-refractivity contribution in [3.63, 3.8) is 0 Å². The monoisotopic (exact) mass is 249 g/mol. The Balaban J connectivity index is 1.84. The molecule has 1 aliphatic rings. The van der Waals surface area contributed by atoms with E-state index in [-0.39, 0.29) is 0 Å². The summed E-state index contributed by atoms with van der Waals surface area (Å²) in [5.74, 6) is 0.852. The highest BCUT2D eigenvalue weighted by Crippen LogP contribution is 2.25. The minimum absolute atomic E-state index is 0.421. The molecule has 1 heterocycles. The SMILES string of the molecule is CCCNC(C)c1cnn(CC2CCCCC2)c1. The van der Waals surface area contributed by atoms with Crippen molar-refractivity contribution < 1.29 is 0 Å². The van der Waals surface area contributed by atoms with Crippen molar-refractivity contribution in [3.05, 3.63) is 18.0 Å². The smallest absolute Gasteiger partial charge is 0.0537 e. The zero-order valence-corrected chi connectivity index (χ0v) is 11.9. The Morgan fingerprint density at radius 1 is 1.39 bits per heavy atom. The summed E-state index contributed by atoms with van der Waals surface area (Å²) in [6, 6.07) is 0.421. The van der Waals surface area contributed by atoms with Gasteiger partial charge in [0.05, 0.1) is 6.20 Å². The summed E-state index contributed by atoms with van der Waals surface area (Å²) in [5, 5.41) is 8.03. The van der Waals surface area contributed by atoms with Gasteiger partial charge >= 0.3 is 0 Å². The Kier molecular flexibility index (Phi) is 5.24. The zero-order valence-electron chi connectivity index (χ0n) is 11.9. The van der Waals surface area contributed by atoms with Crippen molar-refractivity contribution in [2.45, 2.75) is 65.0 Å². The summed E-state index contributed by atoms with van der Waals surface area (Å²) >= 11 is 0. The van der Waals surface area contributed by atoms with E-state index in [1.807, 2.05) is 6.20 Å². The predicted octanol–water partition coefficient (Wildman–Crippen LogP) is 3.52. The second-order valence-corrected chi connectivity index (χ2v) is 5.68. The van der Waals surface area contributed by atoms with Gasteiger partial charge in [-0.3, -0.25) is 4.68 Å². The normalized spacial score (nSPS) is 19.0. The Bertz CT molecular complexity index is 339. The first-order valence-corrected chi connectivity index (χ1v) is 7.55. The fourth-order valence-corrected chi connectivity index (χ4v) is 2.82. The lowest BCUT2D eigenvalue weighted by molar-refractivity contribution is 0.308. The van der Waals surface area contributed by atoms with Gasteiger partial charge in [0.15, 0.2) is 0 Å². The standard InChI is InChI=1S/C15H27N3/c1-3-9-16-13(2)15-10-17-18(12-15)11-14-7-5-4-6-8-14/h10,12-14,16H,3-9,11H2,1-2H3. The Morgan fingerprint density at radius 3 is 2.89 bits per heavy atom. The number of aromatic nitrogens is 2. The average molecular weight is 249 g/mol. The van der Waals surface area contributed by atoms with Crippen molar-refractivity contribution in [1.29, 1.82) is 0 Å². The highest BCUT2D eigenvalue weighted by molar-refractivity contribution is 5.09. The molecule has 0 bridgehead atoms. The summed E-state index contributed by atoms with van der Waals surface area (Å²) < 4.78 is 2.15. The molecule has 1 fully saturated rings. The summed E-state index contributed by atoms with van der Waals surface area (Å²) in [6.45, 7) is 6.61. The van der Waals surface area contributed by atoms with Gasteiger partial charge in [0.25, 0.3) is 0 Å². The van der Waals surface area contributed by atoms with Crippen LogP contribution in [0.5, 0.6) is 0 Å². The molecule has 0 spiro atoms. The molecule has 1 unspecified atom stereocenters. The van der Waals surface area contributed by atoms with Gasteiger partial charge in [-0.25, -0.2) is 0 Å². The van der Waals surface area contributed by atoms with Crippen LogP contribution in [-0.2, 0) is 6.54 Å². The van der Waals surface area contributed by atoms with Crippen LogP contribution in [0, 0.1) is 5.92 Å². The van der Waals surface area contributed by atoms with E-state index in [0.717, 1.165) is 19.0 Å². The molecule has 1 aromatic heterocycles. The molecular weight excluding hydrogens is 222 g/mol. The van der Waals surface area contributed by atoms with E-state index in [2.05, 4.69) is 35.1 Å². The van der Waals surface area contributed by atoms with Gasteiger partial charge in [-0.05, 0) is 38.6 Å². The van der Waals surface area contributed by atoms with Gasteiger partial charge in [0.1, 0.15) is 0 Å². The summed E-state index contributed by atoms with van der Waals surface area (Å²) in [7, 11) is 0. The summed E-state index contributed by atoms with van der Waals surface area (Å²) in [4.78, 5) is 0. The lowest BCUT2D eigenvalue weighted by atomic mass is 9.89. The van der Waals surface area contributed by atoms with E-state index < -0.39 is 0 Å². The zero-order chi connectivity index (χ0) is 12.8. The van der Waals surface area contributed by atoms with E-state index in [0.29, 0.717) is 6.04 Å². The molecule has 0 saturated heterocycles. The molecule has 1 aliphatic carbocycles. The van der Waals surface area contributed by atoms with Crippen LogP contribution < -0.4 is 5.32 Å². The average Bonchev–Trinajstić information content (AvgIpc) is 2.86. The van der Waals surface area contributed by atoms with Gasteiger partial charge in [-0.15, -0.1) is 0 Å². The van der Waals surface area contributed by atoms with E-state index in [1.54, 1.807) is 0 Å². The van der Waals surface area contributed by atoms with Crippen LogP contribution in [-0.4, -0.2) is 16.3 Å². The molecule has 1 N–H and O–H groups in total. The molecule has 18 heavy (non-hydrogen) atoms. The first kappa shape index (κ1) is 13.6. The third-order valence-corrected chi connectivity index (χ3v) is 4.02. The fourth-order valence-electron chi connectivity index (χ4n) is 2.82. The second kappa shape index (κ2) is 6.93. The summed E-state index contributed by atoms with van der Waals surface area (Å²) in [5.41, 5.74) is 1.32. The van der Waals surface area contributed by atoms with Gasteiger partial charge in [0.2, 0.25) is 0 Å². The van der Waals surface area contributed by atoms with E-state index in [1.165, 1.54) is 44.1 Å². The Morgan fingerprint density at radius 2 is 2.17 bits per heavy atom. The van der Waals surface area contributed by atoms with Crippen LogP contribution in [0.25, 0.3) is 0 Å². The van der Waals surface area contributed by atoms with Crippen molar-refractivity contribution in [3.8, 4) is 0 Å². The minimum atomic E-state index is 0.421. The van der Waals surface area contributed by atoms with Crippen LogP contribution >= 0.6 is 0 Å². The maximum atomic E-state index is 4.52. The molecule has 1 atom stereocenters. The highest BCUT2D eigenvalue weighted by atomic mass is 15.3. The minimum Gasteiger partial charge on any atom is -0.310 e. The summed E-state index contributed by atoms with van der Waals surface area (Å²) in [6.07, 6.45) is 12.5. The molecule has 102 valence electrons. The third-order valence-electron chi connectivity index (χ3n) is 4.02. The number of hydrogen-bond donors (Lipinski definition) is 1. The quantitative estimate of drug-likeness (QED) is 0.836. The molecule has 2 rings (SSSR count). The molecule has 0 radical (unpaired) electrons. The molecule has 0 aromatic carbocycles. The van der Waals surface area contributed by atoms with E-state index in [9.17, 15) is 0 Å². The lowest BCUT2D eigenvalue weighted by Gasteiger charge is -2.21. The number of nitrogens with one attached hydrogen (secondary N) is 1. The molecule has 1 aromatic rings. The number of rotatable bonds is 6. The van der Waals surface area contributed by atoms with Crippen molar-refractivity contribution in [2.24, 2.45) is 5.92 Å². The largest absolute Gasteiger partial charge is 0.310 e. The Hall–Kier alpha value is -0.830. The Labute approximate surface area is 111 Å². The predicted molar refractivity (Wildman–Crippen MR) is 75.5 cm³/mol. The fraction of sp³-hybridized carbons (Fsp3) is 0.800. The molecule has 3 heteroatoms. The van der Waals surface area contributed by atoms with E-state index in [4.69, 9.17) is 0 Å².